The Labute approximate surface area is 74.8 Å². The minimum atomic E-state index is -2.77. The van der Waals surface area contributed by atoms with E-state index in [2.05, 4.69) is 4.98 Å². The Morgan fingerprint density at radius 1 is 1.45 bits per heavy atom. The molecule has 0 saturated carbocycles. The van der Waals surface area contributed by atoms with E-state index in [1.54, 1.807) is 22.6 Å². The molecule has 0 aromatic carbocycles. The van der Waals surface area contributed by atoms with E-state index in [9.17, 15) is 13.2 Å². The number of pyridine rings is 1. The third kappa shape index (κ3) is 2.05. The van der Waals surface area contributed by atoms with Gasteiger partial charge in [0, 0.05) is 0 Å². The van der Waals surface area contributed by atoms with Crippen molar-refractivity contribution in [2.75, 3.05) is 0 Å². The van der Waals surface area contributed by atoms with Crippen LogP contribution in [-0.4, -0.2) is 4.98 Å². The fraction of sp³-hybridized carbons (Fsp3) is 0.167. The minimum Gasteiger partial charge on any atom is -0.247 e. The maximum atomic E-state index is 12.5. The van der Waals surface area contributed by atoms with Gasteiger partial charge in [-0.2, -0.15) is 0 Å². The molecule has 11 heavy (non-hydrogen) atoms. The summed E-state index contributed by atoms with van der Waals surface area (Å²) < 4.78 is 36.7. The molecule has 1 aromatic rings. The number of alkyl halides is 2. The van der Waals surface area contributed by atoms with Crippen molar-refractivity contribution in [1.82, 2.24) is 4.98 Å². The third-order valence-electron chi connectivity index (χ3n) is 1.09. The highest BCUT2D eigenvalue weighted by Crippen LogP contribution is 2.22. The SMILES string of the molecule is Fc1cnc(I)cc1C(F)F. The highest BCUT2D eigenvalue weighted by Gasteiger charge is 2.13. The molecule has 0 aliphatic carbocycles. The van der Waals surface area contributed by atoms with Gasteiger partial charge in [0.2, 0.25) is 0 Å². The van der Waals surface area contributed by atoms with Gasteiger partial charge >= 0.3 is 0 Å². The molecule has 60 valence electrons. The van der Waals surface area contributed by atoms with Crippen LogP contribution < -0.4 is 0 Å². The summed E-state index contributed by atoms with van der Waals surface area (Å²) >= 11 is 1.74. The van der Waals surface area contributed by atoms with Gasteiger partial charge in [0.15, 0.2) is 0 Å². The van der Waals surface area contributed by atoms with E-state index in [0.29, 0.717) is 3.70 Å². The van der Waals surface area contributed by atoms with Crippen molar-refractivity contribution in [2.45, 2.75) is 6.43 Å². The molecule has 0 spiro atoms. The van der Waals surface area contributed by atoms with E-state index in [1.165, 1.54) is 0 Å². The lowest BCUT2D eigenvalue weighted by atomic mass is 10.3. The van der Waals surface area contributed by atoms with Gasteiger partial charge in [0.05, 0.1) is 11.8 Å². The fourth-order valence-corrected chi connectivity index (χ4v) is 1.07. The summed E-state index contributed by atoms with van der Waals surface area (Å²) in [7, 11) is 0. The third-order valence-corrected chi connectivity index (χ3v) is 1.68. The minimum absolute atomic E-state index is 0.360. The summed E-state index contributed by atoms with van der Waals surface area (Å²) in [5.41, 5.74) is -0.593. The predicted octanol–water partition coefficient (Wildman–Crippen LogP) is 2.76. The Hall–Kier alpha value is -0.330. The quantitative estimate of drug-likeness (QED) is 0.566. The first-order valence-corrected chi connectivity index (χ1v) is 3.78. The lowest BCUT2D eigenvalue weighted by molar-refractivity contribution is 0.146. The summed E-state index contributed by atoms with van der Waals surface area (Å²) in [6.45, 7) is 0. The van der Waals surface area contributed by atoms with Crippen LogP contribution in [0.25, 0.3) is 0 Å². The molecule has 0 radical (unpaired) electrons. The van der Waals surface area contributed by atoms with E-state index >= 15 is 0 Å². The van der Waals surface area contributed by atoms with Crippen LogP contribution in [0.15, 0.2) is 12.3 Å². The molecule has 1 nitrogen and oxygen atoms in total. The Morgan fingerprint density at radius 2 is 2.09 bits per heavy atom. The standard InChI is InChI=1S/C6H3F3IN/c7-4-2-11-5(10)1-3(4)6(8)9/h1-2,6H. The molecule has 0 unspecified atom stereocenters. The van der Waals surface area contributed by atoms with Gasteiger partial charge in [0.1, 0.15) is 9.52 Å². The van der Waals surface area contributed by atoms with Gasteiger partial charge < -0.3 is 0 Å². The Balaban J connectivity index is 3.13. The average molecular weight is 273 g/mol. The lowest BCUT2D eigenvalue weighted by Gasteiger charge is -1.99. The van der Waals surface area contributed by atoms with Crippen LogP contribution in [0.5, 0.6) is 0 Å². The van der Waals surface area contributed by atoms with Gasteiger partial charge in [0.25, 0.3) is 6.43 Å². The van der Waals surface area contributed by atoms with Gasteiger partial charge in [-0.05, 0) is 28.7 Å². The topological polar surface area (TPSA) is 12.9 Å². The van der Waals surface area contributed by atoms with E-state index in [4.69, 9.17) is 0 Å². The summed E-state index contributed by atoms with van der Waals surface area (Å²) in [5.74, 6) is -0.958. The number of hydrogen-bond donors (Lipinski definition) is 0. The first kappa shape index (κ1) is 8.76. The van der Waals surface area contributed by atoms with Gasteiger partial charge in [-0.25, -0.2) is 18.2 Å². The molecule has 1 rings (SSSR count). The second kappa shape index (κ2) is 3.38. The zero-order chi connectivity index (χ0) is 8.43. The molecule has 0 bridgehead atoms. The van der Waals surface area contributed by atoms with Gasteiger partial charge in [-0.3, -0.25) is 0 Å². The summed E-state index contributed by atoms with van der Waals surface area (Å²) in [4.78, 5) is 3.50. The maximum Gasteiger partial charge on any atom is 0.266 e. The highest BCUT2D eigenvalue weighted by molar-refractivity contribution is 14.1. The van der Waals surface area contributed by atoms with Crippen LogP contribution in [0.3, 0.4) is 0 Å². The molecule has 0 amide bonds. The molecule has 1 heterocycles. The van der Waals surface area contributed by atoms with Crippen LogP contribution in [0.4, 0.5) is 13.2 Å². The molecule has 1 aromatic heterocycles. The van der Waals surface area contributed by atoms with Crippen LogP contribution in [0.2, 0.25) is 0 Å². The predicted molar refractivity (Wildman–Crippen MR) is 41.9 cm³/mol. The number of aromatic nitrogens is 1. The Bertz CT molecular complexity index is 264. The van der Waals surface area contributed by atoms with Gasteiger partial charge in [-0.1, -0.05) is 0 Å². The maximum absolute atomic E-state index is 12.5. The number of nitrogens with zero attached hydrogens (tertiary/aromatic N) is 1. The van der Waals surface area contributed by atoms with Crippen molar-refractivity contribution in [3.05, 3.63) is 27.3 Å². The van der Waals surface area contributed by atoms with Crippen LogP contribution in [0, 0.1) is 9.52 Å². The van der Waals surface area contributed by atoms with Crippen LogP contribution >= 0.6 is 22.6 Å². The van der Waals surface area contributed by atoms with Crippen molar-refractivity contribution in [2.24, 2.45) is 0 Å². The Kier molecular flexibility index (Phi) is 2.69. The second-order valence-corrected chi connectivity index (χ2v) is 2.93. The smallest absolute Gasteiger partial charge is 0.247 e. The number of halogens is 4. The first-order valence-electron chi connectivity index (χ1n) is 2.70. The normalized spacial score (nSPS) is 10.6. The number of rotatable bonds is 1. The zero-order valence-electron chi connectivity index (χ0n) is 5.19. The molecule has 0 saturated heterocycles. The van der Waals surface area contributed by atoms with Crippen molar-refractivity contribution >= 4 is 22.6 Å². The second-order valence-electron chi connectivity index (χ2n) is 1.83. The van der Waals surface area contributed by atoms with Gasteiger partial charge in [-0.15, -0.1) is 0 Å². The average Bonchev–Trinajstić information content (AvgIpc) is 1.94. The molecule has 0 aliphatic heterocycles. The summed E-state index contributed by atoms with van der Waals surface area (Å²) in [6, 6.07) is 1.03. The summed E-state index contributed by atoms with van der Waals surface area (Å²) in [5, 5.41) is 0. The monoisotopic (exact) mass is 273 g/mol. The molecule has 0 N–H and O–H groups in total. The highest BCUT2D eigenvalue weighted by atomic mass is 127. The Morgan fingerprint density at radius 3 is 2.55 bits per heavy atom. The molecule has 0 atom stereocenters. The molecule has 0 aliphatic rings. The van der Waals surface area contributed by atoms with Crippen LogP contribution in [0.1, 0.15) is 12.0 Å². The molecular weight excluding hydrogens is 270 g/mol. The van der Waals surface area contributed by atoms with Crippen LogP contribution in [-0.2, 0) is 0 Å². The number of hydrogen-bond acceptors (Lipinski definition) is 1. The first-order chi connectivity index (χ1) is 5.11. The largest absolute Gasteiger partial charge is 0.266 e. The van der Waals surface area contributed by atoms with Crippen molar-refractivity contribution in [3.8, 4) is 0 Å². The summed E-state index contributed by atoms with van der Waals surface area (Å²) in [6.07, 6.45) is -1.98. The zero-order valence-corrected chi connectivity index (χ0v) is 7.35. The fourth-order valence-electron chi connectivity index (χ4n) is 0.595. The molecular formula is C6H3F3IN. The van der Waals surface area contributed by atoms with Crippen molar-refractivity contribution in [1.29, 1.82) is 0 Å². The van der Waals surface area contributed by atoms with E-state index in [-0.39, 0.29) is 0 Å². The van der Waals surface area contributed by atoms with Crippen molar-refractivity contribution in [3.63, 3.8) is 0 Å². The molecule has 0 fully saturated rings. The lowest BCUT2D eigenvalue weighted by Crippen LogP contribution is -1.93. The van der Waals surface area contributed by atoms with E-state index in [0.717, 1.165) is 12.3 Å². The molecule has 5 heteroatoms. The van der Waals surface area contributed by atoms with E-state index in [1.807, 2.05) is 0 Å². The van der Waals surface area contributed by atoms with E-state index < -0.39 is 17.8 Å². The van der Waals surface area contributed by atoms with Crippen molar-refractivity contribution < 1.29 is 13.2 Å².